The Kier molecular flexibility index (Phi) is 10.7. The van der Waals surface area contributed by atoms with E-state index in [1.165, 1.54) is 0 Å². The van der Waals surface area contributed by atoms with Gasteiger partial charge in [0.05, 0.1) is 17.9 Å². The molecule has 1 aromatic rings. The van der Waals surface area contributed by atoms with Crippen LogP contribution in [0.1, 0.15) is 45.4 Å². The second kappa shape index (κ2) is 13.8. The lowest BCUT2D eigenvalue weighted by molar-refractivity contribution is -0.145. The molecule has 224 valence electrons. The van der Waals surface area contributed by atoms with Crippen LogP contribution in [0.4, 0.5) is 5.69 Å². The van der Waals surface area contributed by atoms with Gasteiger partial charge in [-0.3, -0.25) is 14.4 Å². The number of likely N-dealkylation sites (tertiary alicyclic amines) is 1. The summed E-state index contributed by atoms with van der Waals surface area (Å²) in [6.45, 7) is 11.4. The highest BCUT2D eigenvalue weighted by Crippen LogP contribution is 2.60. The summed E-state index contributed by atoms with van der Waals surface area (Å²) < 4.78 is 6.69. The molecule has 10 heteroatoms. The van der Waals surface area contributed by atoms with Gasteiger partial charge in [-0.25, -0.2) is 0 Å². The van der Waals surface area contributed by atoms with Crippen molar-refractivity contribution in [2.75, 3.05) is 37.7 Å². The van der Waals surface area contributed by atoms with Gasteiger partial charge in [0.2, 0.25) is 11.8 Å². The first-order chi connectivity index (χ1) is 19.7. The maximum atomic E-state index is 14.6. The Morgan fingerprint density at radius 1 is 1.15 bits per heavy atom. The van der Waals surface area contributed by atoms with Gasteiger partial charge in [-0.2, -0.15) is 0 Å². The minimum atomic E-state index is -1.13. The average molecular weight is 651 g/mol. The maximum Gasteiger partial charge on any atom is 0.253 e. The second-order valence-electron chi connectivity index (χ2n) is 11.1. The van der Waals surface area contributed by atoms with E-state index >= 15 is 0 Å². The summed E-state index contributed by atoms with van der Waals surface area (Å²) in [4.78, 5) is 47.8. The normalized spacial score (nSPS) is 28.0. The molecule has 0 radical (unpaired) electrons. The van der Waals surface area contributed by atoms with E-state index in [4.69, 9.17) is 16.3 Å². The monoisotopic (exact) mass is 649 g/mol. The van der Waals surface area contributed by atoms with E-state index in [-0.39, 0.29) is 35.7 Å². The highest BCUT2D eigenvalue weighted by molar-refractivity contribution is 9.09. The van der Waals surface area contributed by atoms with Crippen LogP contribution >= 0.6 is 27.5 Å². The van der Waals surface area contributed by atoms with Crippen LogP contribution in [0.5, 0.6) is 0 Å². The topological polar surface area (TPSA) is 90.4 Å². The zero-order chi connectivity index (χ0) is 29.7. The number of hydrogen-bond donors (Lipinski definition) is 1. The van der Waals surface area contributed by atoms with Gasteiger partial charge in [0.15, 0.2) is 0 Å². The van der Waals surface area contributed by atoms with Gasteiger partial charge < -0.3 is 24.5 Å². The van der Waals surface area contributed by atoms with Gasteiger partial charge >= 0.3 is 0 Å². The number of halogens is 2. The number of rotatable bonds is 15. The molecule has 8 nitrogen and oxygen atoms in total. The highest BCUT2D eigenvalue weighted by Gasteiger charge is 2.76. The minimum Gasteiger partial charge on any atom is -0.396 e. The summed E-state index contributed by atoms with van der Waals surface area (Å²) in [7, 11) is 0. The van der Waals surface area contributed by atoms with Crippen molar-refractivity contribution < 1.29 is 24.2 Å². The van der Waals surface area contributed by atoms with Gasteiger partial charge in [-0.15, -0.1) is 13.2 Å². The number of ether oxygens (including phenoxy) is 1. The standard InChI is InChI=1S/C31H41BrClN3O5/c1-4-15-34(16-5-2)28(38)24-25-29(39)36(18-9-7-8-10-19-37)27(31(25)20-23(32)26(24)41-31)30(40)35(17-6-3)22-13-11-21(33)12-14-22/h4,6,11-14,23-27,37H,1,3,5,7-10,15-20H2,2H3/t23?,24-,25-,26-,27?,31?/m0/s1. The minimum absolute atomic E-state index is 0.122. The molecular formula is C31H41BrClN3O5. The van der Waals surface area contributed by atoms with Crippen LogP contribution in [-0.4, -0.2) is 88.0 Å². The number of aliphatic hydroxyl groups is 1. The Labute approximate surface area is 256 Å². The summed E-state index contributed by atoms with van der Waals surface area (Å²) in [6, 6.07) is 6.11. The Hall–Kier alpha value is -2.20. The molecule has 41 heavy (non-hydrogen) atoms. The largest absolute Gasteiger partial charge is 0.396 e. The third kappa shape index (κ3) is 6.01. The lowest BCUT2D eigenvalue weighted by Gasteiger charge is -2.37. The summed E-state index contributed by atoms with van der Waals surface area (Å²) in [5, 5.41) is 9.74. The number of nitrogens with zero attached hydrogens (tertiary/aromatic N) is 3. The predicted molar refractivity (Wildman–Crippen MR) is 164 cm³/mol. The molecule has 3 fully saturated rings. The molecule has 1 N–H and O–H groups in total. The fraction of sp³-hybridized carbons (Fsp3) is 0.581. The summed E-state index contributed by atoms with van der Waals surface area (Å²) in [6.07, 6.45) is 7.08. The lowest BCUT2D eigenvalue weighted by Crippen LogP contribution is -2.57. The molecule has 3 aliphatic heterocycles. The molecule has 6 atom stereocenters. The van der Waals surface area contributed by atoms with E-state index < -0.39 is 29.6 Å². The van der Waals surface area contributed by atoms with Crippen molar-refractivity contribution in [3.8, 4) is 0 Å². The van der Waals surface area contributed by atoms with Crippen LogP contribution in [0.25, 0.3) is 0 Å². The number of anilines is 1. The van der Waals surface area contributed by atoms with Crippen molar-refractivity contribution in [3.63, 3.8) is 0 Å². The van der Waals surface area contributed by atoms with Gasteiger partial charge in [-0.05, 0) is 49.9 Å². The number of alkyl halides is 1. The molecule has 3 aliphatic rings. The molecule has 3 amide bonds. The molecule has 3 unspecified atom stereocenters. The molecule has 0 aliphatic carbocycles. The van der Waals surface area contributed by atoms with Crippen LogP contribution < -0.4 is 4.90 Å². The van der Waals surface area contributed by atoms with Crippen molar-refractivity contribution in [1.82, 2.24) is 9.80 Å². The number of fused-ring (bicyclic) bond motifs is 1. The predicted octanol–water partition coefficient (Wildman–Crippen LogP) is 4.58. The molecule has 0 aromatic heterocycles. The SMILES string of the molecule is C=CCN(CCC)C(=O)[C@H]1[C@H]2C(=O)N(CCCCCCO)C(C(=O)N(CC=C)c3ccc(Cl)cc3)C23CC(Br)[C@@H]1O3. The van der Waals surface area contributed by atoms with E-state index in [2.05, 4.69) is 29.1 Å². The molecule has 1 aromatic carbocycles. The Morgan fingerprint density at radius 2 is 1.83 bits per heavy atom. The number of hydrogen-bond acceptors (Lipinski definition) is 5. The number of carbonyl (C=O) groups excluding carboxylic acids is 3. The smallest absolute Gasteiger partial charge is 0.253 e. The van der Waals surface area contributed by atoms with Crippen molar-refractivity contribution in [3.05, 3.63) is 54.6 Å². The van der Waals surface area contributed by atoms with E-state index in [1.807, 2.05) is 6.92 Å². The molecule has 0 saturated carbocycles. The van der Waals surface area contributed by atoms with Crippen LogP contribution in [0.3, 0.4) is 0 Å². The number of aliphatic hydroxyl groups excluding tert-OH is 1. The molecular weight excluding hydrogens is 610 g/mol. The first-order valence-electron chi connectivity index (χ1n) is 14.6. The number of benzene rings is 1. The van der Waals surface area contributed by atoms with Crippen LogP contribution in [-0.2, 0) is 19.1 Å². The van der Waals surface area contributed by atoms with Crippen molar-refractivity contribution in [1.29, 1.82) is 0 Å². The van der Waals surface area contributed by atoms with E-state index in [9.17, 15) is 19.5 Å². The van der Waals surface area contributed by atoms with Gasteiger partial charge in [0.25, 0.3) is 5.91 Å². The Morgan fingerprint density at radius 3 is 2.46 bits per heavy atom. The molecule has 2 bridgehead atoms. The van der Waals surface area contributed by atoms with Crippen molar-refractivity contribution in [2.24, 2.45) is 11.8 Å². The number of amides is 3. The zero-order valence-electron chi connectivity index (χ0n) is 23.7. The summed E-state index contributed by atoms with van der Waals surface area (Å²) in [5.41, 5.74) is -0.485. The first kappa shape index (κ1) is 31.7. The van der Waals surface area contributed by atoms with E-state index in [0.29, 0.717) is 49.6 Å². The summed E-state index contributed by atoms with van der Waals surface area (Å²) in [5.74, 6) is -2.03. The third-order valence-electron chi connectivity index (χ3n) is 8.49. The zero-order valence-corrected chi connectivity index (χ0v) is 26.1. The number of unbranched alkanes of at least 4 members (excludes halogenated alkanes) is 3. The number of carbonyl (C=O) groups is 3. The first-order valence-corrected chi connectivity index (χ1v) is 15.9. The van der Waals surface area contributed by atoms with Gasteiger partial charge in [0.1, 0.15) is 11.6 Å². The van der Waals surface area contributed by atoms with Crippen LogP contribution in [0, 0.1) is 11.8 Å². The lowest BCUT2D eigenvalue weighted by atomic mass is 9.70. The van der Waals surface area contributed by atoms with Crippen LogP contribution in [0.15, 0.2) is 49.6 Å². The molecule has 4 rings (SSSR count). The Bertz CT molecular complexity index is 1130. The van der Waals surface area contributed by atoms with E-state index in [0.717, 1.165) is 19.3 Å². The van der Waals surface area contributed by atoms with Crippen molar-refractivity contribution >= 4 is 50.9 Å². The average Bonchev–Trinajstić information content (AvgIpc) is 3.54. The van der Waals surface area contributed by atoms with Crippen LogP contribution in [0.2, 0.25) is 5.02 Å². The second-order valence-corrected chi connectivity index (χ2v) is 12.7. The quantitative estimate of drug-likeness (QED) is 0.171. The van der Waals surface area contributed by atoms with E-state index in [1.54, 1.807) is 51.1 Å². The third-order valence-corrected chi connectivity index (χ3v) is 9.58. The van der Waals surface area contributed by atoms with Crippen molar-refractivity contribution in [2.45, 2.75) is 68.0 Å². The van der Waals surface area contributed by atoms with Gasteiger partial charge in [-0.1, -0.05) is 59.4 Å². The summed E-state index contributed by atoms with van der Waals surface area (Å²) >= 11 is 9.89. The fourth-order valence-electron chi connectivity index (χ4n) is 6.83. The molecule has 1 spiro atoms. The molecule has 3 heterocycles. The maximum absolute atomic E-state index is 14.6. The highest BCUT2D eigenvalue weighted by atomic mass is 79.9. The van der Waals surface area contributed by atoms with Gasteiger partial charge in [0, 0.05) is 48.3 Å². The molecule has 3 saturated heterocycles. The fourth-order valence-corrected chi connectivity index (χ4v) is 7.90. The Balaban J connectivity index is 1.74.